The number of phenols is 1. The molecule has 18 heavy (non-hydrogen) atoms. The molecule has 96 valence electrons. The van der Waals surface area contributed by atoms with Gasteiger partial charge in [0, 0.05) is 6.07 Å². The Kier molecular flexibility index (Phi) is 3.01. The second-order valence-electron chi connectivity index (χ2n) is 3.47. The molecule has 0 unspecified atom stereocenters. The zero-order chi connectivity index (χ0) is 13.3. The van der Waals surface area contributed by atoms with Crippen LogP contribution in [0.25, 0.3) is 11.0 Å². The first kappa shape index (κ1) is 12.1. The molecule has 0 aliphatic heterocycles. The van der Waals surface area contributed by atoms with E-state index in [0.717, 1.165) is 0 Å². The minimum Gasteiger partial charge on any atom is -0.504 e. The highest BCUT2D eigenvalue weighted by Gasteiger charge is 2.19. The first-order chi connectivity index (χ1) is 8.63. The van der Waals surface area contributed by atoms with Gasteiger partial charge in [0.15, 0.2) is 11.5 Å². The molecular formula is C12H12O6. The summed E-state index contributed by atoms with van der Waals surface area (Å²) in [6.45, 7) is 0. The van der Waals surface area contributed by atoms with Gasteiger partial charge in [-0.25, -0.2) is 0 Å². The number of hydrogen-bond acceptors (Lipinski definition) is 6. The maximum absolute atomic E-state index is 12.0. The van der Waals surface area contributed by atoms with Crippen molar-refractivity contribution in [3.05, 3.63) is 22.6 Å². The molecule has 6 nitrogen and oxygen atoms in total. The molecule has 0 amide bonds. The average Bonchev–Trinajstić information content (AvgIpc) is 2.38. The summed E-state index contributed by atoms with van der Waals surface area (Å²) < 4.78 is 20.1. The summed E-state index contributed by atoms with van der Waals surface area (Å²) in [5, 5.41) is 10.0. The normalized spacial score (nSPS) is 10.4. The van der Waals surface area contributed by atoms with E-state index in [9.17, 15) is 9.90 Å². The van der Waals surface area contributed by atoms with Gasteiger partial charge in [-0.1, -0.05) is 0 Å². The quantitative estimate of drug-likeness (QED) is 0.892. The van der Waals surface area contributed by atoms with Crippen LogP contribution in [0.1, 0.15) is 0 Å². The van der Waals surface area contributed by atoms with Crippen molar-refractivity contribution in [3.8, 4) is 23.0 Å². The Balaban J connectivity index is 2.92. The number of fused-ring (bicyclic) bond motifs is 1. The molecule has 0 spiro atoms. The summed E-state index contributed by atoms with van der Waals surface area (Å²) in [5.41, 5.74) is -0.284. The number of aromatic hydroxyl groups is 1. The zero-order valence-electron chi connectivity index (χ0n) is 10.1. The highest BCUT2D eigenvalue weighted by atomic mass is 16.5. The van der Waals surface area contributed by atoms with Crippen LogP contribution in [-0.4, -0.2) is 26.4 Å². The summed E-state index contributed by atoms with van der Waals surface area (Å²) in [6.07, 6.45) is 1.18. The van der Waals surface area contributed by atoms with Crippen LogP contribution in [0.4, 0.5) is 0 Å². The lowest BCUT2D eigenvalue weighted by atomic mass is 10.1. The lowest BCUT2D eigenvalue weighted by molar-refractivity contribution is 0.334. The molecule has 1 heterocycles. The molecule has 2 aromatic rings. The van der Waals surface area contributed by atoms with Gasteiger partial charge in [0.1, 0.15) is 17.2 Å². The number of rotatable bonds is 3. The van der Waals surface area contributed by atoms with Crippen molar-refractivity contribution in [1.82, 2.24) is 0 Å². The molecule has 0 atom stereocenters. The second kappa shape index (κ2) is 4.48. The molecule has 2 rings (SSSR count). The van der Waals surface area contributed by atoms with Gasteiger partial charge in [-0.3, -0.25) is 4.79 Å². The smallest absolute Gasteiger partial charge is 0.238 e. The highest BCUT2D eigenvalue weighted by molar-refractivity contribution is 5.89. The van der Waals surface area contributed by atoms with Gasteiger partial charge in [0.25, 0.3) is 0 Å². The maximum atomic E-state index is 12.0. The van der Waals surface area contributed by atoms with E-state index < -0.39 is 5.43 Å². The average molecular weight is 252 g/mol. The van der Waals surface area contributed by atoms with E-state index in [1.54, 1.807) is 0 Å². The van der Waals surface area contributed by atoms with E-state index in [-0.39, 0.29) is 34.0 Å². The van der Waals surface area contributed by atoms with Gasteiger partial charge >= 0.3 is 0 Å². The molecular weight excluding hydrogens is 240 g/mol. The predicted octanol–water partition coefficient (Wildman–Crippen LogP) is 1.52. The lowest BCUT2D eigenvalue weighted by Crippen LogP contribution is -2.06. The number of ether oxygens (including phenoxy) is 3. The van der Waals surface area contributed by atoms with Gasteiger partial charge in [-0.15, -0.1) is 0 Å². The summed E-state index contributed by atoms with van der Waals surface area (Å²) in [5.74, 6) is 0.0193. The molecule has 0 aliphatic carbocycles. The van der Waals surface area contributed by atoms with Crippen molar-refractivity contribution < 1.29 is 23.7 Å². The summed E-state index contributed by atoms with van der Waals surface area (Å²) in [6, 6.07) is 1.47. The third-order valence-electron chi connectivity index (χ3n) is 2.57. The van der Waals surface area contributed by atoms with Crippen LogP contribution in [0, 0.1) is 0 Å². The van der Waals surface area contributed by atoms with Crippen LogP contribution >= 0.6 is 0 Å². The van der Waals surface area contributed by atoms with Crippen molar-refractivity contribution in [2.45, 2.75) is 0 Å². The number of phenolic OH excluding ortho intramolecular Hbond substituents is 1. The highest BCUT2D eigenvalue weighted by Crippen LogP contribution is 2.41. The molecule has 0 bridgehead atoms. The Labute approximate surface area is 102 Å². The maximum Gasteiger partial charge on any atom is 0.238 e. The summed E-state index contributed by atoms with van der Waals surface area (Å²) >= 11 is 0. The minimum atomic E-state index is -0.475. The summed E-state index contributed by atoms with van der Waals surface area (Å²) in [7, 11) is 4.13. The van der Waals surface area contributed by atoms with Crippen LogP contribution in [0.5, 0.6) is 23.0 Å². The van der Waals surface area contributed by atoms with Crippen molar-refractivity contribution >= 4 is 11.0 Å². The van der Waals surface area contributed by atoms with Crippen molar-refractivity contribution in [2.75, 3.05) is 21.3 Å². The van der Waals surface area contributed by atoms with Crippen LogP contribution < -0.4 is 19.6 Å². The third-order valence-corrected chi connectivity index (χ3v) is 2.57. The van der Waals surface area contributed by atoms with Gasteiger partial charge in [-0.05, 0) is 0 Å². The standard InChI is InChI=1S/C12H12O6/c1-15-7-4-6-9(11(14)12(7)17-3)10(13)8(16-2)5-18-6/h4-5,14H,1-3H3. The topological polar surface area (TPSA) is 78.1 Å². The van der Waals surface area contributed by atoms with Gasteiger partial charge in [0.05, 0.1) is 21.3 Å². The van der Waals surface area contributed by atoms with E-state index >= 15 is 0 Å². The van der Waals surface area contributed by atoms with Crippen LogP contribution in [0.2, 0.25) is 0 Å². The molecule has 6 heteroatoms. The Morgan fingerprint density at radius 3 is 2.33 bits per heavy atom. The van der Waals surface area contributed by atoms with Gasteiger partial charge in [0.2, 0.25) is 16.9 Å². The van der Waals surface area contributed by atoms with Crippen LogP contribution in [0.15, 0.2) is 21.5 Å². The second-order valence-corrected chi connectivity index (χ2v) is 3.47. The Morgan fingerprint density at radius 2 is 1.78 bits per heavy atom. The molecule has 0 saturated heterocycles. The van der Waals surface area contributed by atoms with E-state index in [4.69, 9.17) is 18.6 Å². The Hall–Kier alpha value is -2.37. The van der Waals surface area contributed by atoms with Crippen molar-refractivity contribution in [1.29, 1.82) is 0 Å². The minimum absolute atomic E-state index is 0.00465. The first-order valence-electron chi connectivity index (χ1n) is 5.07. The fourth-order valence-corrected chi connectivity index (χ4v) is 1.70. The van der Waals surface area contributed by atoms with Crippen LogP contribution in [-0.2, 0) is 0 Å². The Morgan fingerprint density at radius 1 is 1.11 bits per heavy atom. The van der Waals surface area contributed by atoms with Gasteiger partial charge in [-0.2, -0.15) is 0 Å². The molecule has 0 radical (unpaired) electrons. The number of methoxy groups -OCH3 is 3. The van der Waals surface area contributed by atoms with Crippen molar-refractivity contribution in [2.24, 2.45) is 0 Å². The fraction of sp³-hybridized carbons (Fsp3) is 0.250. The predicted molar refractivity (Wildman–Crippen MR) is 63.8 cm³/mol. The number of hydrogen-bond donors (Lipinski definition) is 1. The van der Waals surface area contributed by atoms with E-state index in [2.05, 4.69) is 0 Å². The molecule has 1 N–H and O–H groups in total. The van der Waals surface area contributed by atoms with Gasteiger partial charge < -0.3 is 23.7 Å². The fourth-order valence-electron chi connectivity index (χ4n) is 1.70. The lowest BCUT2D eigenvalue weighted by Gasteiger charge is -2.11. The van der Waals surface area contributed by atoms with E-state index in [1.807, 2.05) is 0 Å². The molecule has 1 aromatic heterocycles. The third kappa shape index (κ3) is 1.62. The summed E-state index contributed by atoms with van der Waals surface area (Å²) in [4.78, 5) is 12.0. The molecule has 1 aromatic carbocycles. The molecule has 0 aliphatic rings. The molecule has 0 fully saturated rings. The first-order valence-corrected chi connectivity index (χ1v) is 5.07. The largest absolute Gasteiger partial charge is 0.504 e. The number of benzene rings is 1. The van der Waals surface area contributed by atoms with Crippen LogP contribution in [0.3, 0.4) is 0 Å². The SMILES string of the molecule is COc1cc2occ(OC)c(=O)c2c(O)c1OC. The monoisotopic (exact) mass is 252 g/mol. The molecule has 0 saturated carbocycles. The van der Waals surface area contributed by atoms with E-state index in [0.29, 0.717) is 0 Å². The Bertz CT molecular complexity index is 643. The van der Waals surface area contributed by atoms with Crippen molar-refractivity contribution in [3.63, 3.8) is 0 Å². The zero-order valence-corrected chi connectivity index (χ0v) is 10.1. The van der Waals surface area contributed by atoms with E-state index in [1.165, 1.54) is 33.7 Å².